The van der Waals surface area contributed by atoms with Crippen LogP contribution in [0.3, 0.4) is 0 Å². The average Bonchev–Trinajstić information content (AvgIpc) is 2.73. The van der Waals surface area contributed by atoms with Gasteiger partial charge >= 0.3 is 0 Å². The number of ether oxygens (including phenoxy) is 1. The van der Waals surface area contributed by atoms with Crippen LogP contribution in [0, 0.1) is 0 Å². The Morgan fingerprint density at radius 1 is 1.04 bits per heavy atom. The first-order chi connectivity index (χ1) is 13.6. The summed E-state index contributed by atoms with van der Waals surface area (Å²) in [6.07, 6.45) is 1.05. The number of anilines is 2. The highest BCUT2D eigenvalue weighted by Gasteiger charge is 2.31. The van der Waals surface area contributed by atoms with Gasteiger partial charge in [-0.1, -0.05) is 42.5 Å². The molecule has 3 heteroatoms. The lowest BCUT2D eigenvalue weighted by Crippen LogP contribution is -2.39. The van der Waals surface area contributed by atoms with E-state index in [4.69, 9.17) is 4.74 Å². The van der Waals surface area contributed by atoms with Crippen molar-refractivity contribution in [1.82, 2.24) is 4.90 Å². The summed E-state index contributed by atoms with van der Waals surface area (Å²) in [5, 5.41) is 2.69. The summed E-state index contributed by atoms with van der Waals surface area (Å²) in [6.45, 7) is 4.12. The SMILES string of the molecule is COCCC1c2ccc3cccc(N(C)c4ccccc4)c3c2CN(C)C1C. The molecule has 1 aliphatic heterocycles. The number of methoxy groups -OCH3 is 1. The Morgan fingerprint density at radius 3 is 2.57 bits per heavy atom. The van der Waals surface area contributed by atoms with E-state index in [2.05, 4.69) is 91.5 Å². The van der Waals surface area contributed by atoms with Crippen molar-refractivity contribution < 1.29 is 4.74 Å². The van der Waals surface area contributed by atoms with E-state index in [0.29, 0.717) is 12.0 Å². The molecule has 0 amide bonds. The maximum absolute atomic E-state index is 5.42. The number of hydrogen-bond acceptors (Lipinski definition) is 3. The van der Waals surface area contributed by atoms with Gasteiger partial charge in [-0.15, -0.1) is 0 Å². The number of hydrogen-bond donors (Lipinski definition) is 0. The minimum Gasteiger partial charge on any atom is -0.385 e. The third-order valence-electron chi connectivity index (χ3n) is 6.39. The van der Waals surface area contributed by atoms with Crippen LogP contribution in [0.2, 0.25) is 0 Å². The van der Waals surface area contributed by atoms with Crippen LogP contribution in [0.5, 0.6) is 0 Å². The summed E-state index contributed by atoms with van der Waals surface area (Å²) in [5.41, 5.74) is 5.44. The van der Waals surface area contributed by atoms with Crippen molar-refractivity contribution in [1.29, 1.82) is 0 Å². The fourth-order valence-corrected chi connectivity index (χ4v) is 4.64. The lowest BCUT2D eigenvalue weighted by molar-refractivity contribution is 0.147. The van der Waals surface area contributed by atoms with Crippen molar-refractivity contribution in [3.8, 4) is 0 Å². The van der Waals surface area contributed by atoms with Gasteiger partial charge < -0.3 is 9.64 Å². The van der Waals surface area contributed by atoms with Crippen molar-refractivity contribution in [2.45, 2.75) is 31.8 Å². The van der Waals surface area contributed by atoms with Gasteiger partial charge in [0.2, 0.25) is 0 Å². The third kappa shape index (κ3) is 3.30. The van der Waals surface area contributed by atoms with Crippen molar-refractivity contribution in [2.24, 2.45) is 0 Å². The molecule has 0 saturated heterocycles. The molecule has 4 rings (SSSR count). The van der Waals surface area contributed by atoms with Crippen molar-refractivity contribution in [2.75, 3.05) is 32.7 Å². The van der Waals surface area contributed by atoms with Crippen LogP contribution in [0.4, 0.5) is 11.4 Å². The maximum Gasteiger partial charge on any atom is 0.0491 e. The number of benzene rings is 3. The summed E-state index contributed by atoms with van der Waals surface area (Å²) in [7, 11) is 6.21. The van der Waals surface area contributed by atoms with E-state index in [-0.39, 0.29) is 0 Å². The first kappa shape index (κ1) is 19.0. The predicted octanol–water partition coefficient (Wildman–Crippen LogP) is 5.56. The summed E-state index contributed by atoms with van der Waals surface area (Å²) >= 11 is 0. The average molecular weight is 375 g/mol. The zero-order valence-corrected chi connectivity index (χ0v) is 17.4. The third-order valence-corrected chi connectivity index (χ3v) is 6.39. The highest BCUT2D eigenvalue weighted by atomic mass is 16.5. The molecule has 0 fully saturated rings. The molecule has 146 valence electrons. The van der Waals surface area contributed by atoms with E-state index in [1.807, 2.05) is 0 Å². The molecule has 28 heavy (non-hydrogen) atoms. The van der Waals surface area contributed by atoms with Gasteiger partial charge in [-0.25, -0.2) is 0 Å². The van der Waals surface area contributed by atoms with Crippen LogP contribution in [-0.2, 0) is 11.3 Å². The van der Waals surface area contributed by atoms with Gasteiger partial charge in [0.25, 0.3) is 0 Å². The molecule has 3 aromatic rings. The van der Waals surface area contributed by atoms with Crippen LogP contribution < -0.4 is 4.90 Å². The highest BCUT2D eigenvalue weighted by Crippen LogP contribution is 2.42. The molecule has 1 aliphatic rings. The molecule has 2 unspecified atom stereocenters. The lowest BCUT2D eigenvalue weighted by Gasteiger charge is -2.40. The number of rotatable bonds is 5. The molecular weight excluding hydrogens is 344 g/mol. The number of likely N-dealkylation sites (N-methyl/N-ethyl adjacent to an activating group) is 1. The molecule has 2 atom stereocenters. The Labute approximate surface area is 168 Å². The molecule has 0 saturated carbocycles. The largest absolute Gasteiger partial charge is 0.385 e. The van der Waals surface area contributed by atoms with Crippen LogP contribution >= 0.6 is 0 Å². The fraction of sp³-hybridized carbons (Fsp3) is 0.360. The zero-order chi connectivity index (χ0) is 19.7. The Balaban J connectivity index is 1.89. The topological polar surface area (TPSA) is 15.7 Å². The van der Waals surface area contributed by atoms with Gasteiger partial charge in [-0.05, 0) is 55.1 Å². The minimum atomic E-state index is 0.494. The Bertz CT molecular complexity index is 953. The van der Waals surface area contributed by atoms with Crippen molar-refractivity contribution in [3.63, 3.8) is 0 Å². The minimum absolute atomic E-state index is 0.494. The van der Waals surface area contributed by atoms with E-state index in [9.17, 15) is 0 Å². The second-order valence-corrected chi connectivity index (χ2v) is 7.95. The van der Waals surface area contributed by atoms with Crippen LogP contribution in [-0.4, -0.2) is 38.8 Å². The number of fused-ring (bicyclic) bond motifs is 3. The molecule has 3 aromatic carbocycles. The van der Waals surface area contributed by atoms with Crippen LogP contribution in [0.25, 0.3) is 10.8 Å². The quantitative estimate of drug-likeness (QED) is 0.581. The first-order valence-electron chi connectivity index (χ1n) is 10.1. The molecule has 0 aromatic heterocycles. The van der Waals surface area contributed by atoms with E-state index >= 15 is 0 Å². The van der Waals surface area contributed by atoms with Gasteiger partial charge in [0, 0.05) is 56.0 Å². The van der Waals surface area contributed by atoms with Gasteiger partial charge in [0.1, 0.15) is 0 Å². The summed E-state index contributed by atoms with van der Waals surface area (Å²) in [5.74, 6) is 0.494. The predicted molar refractivity (Wildman–Crippen MR) is 119 cm³/mol. The fourth-order valence-electron chi connectivity index (χ4n) is 4.64. The Hall–Kier alpha value is -2.36. The molecule has 0 aliphatic carbocycles. The van der Waals surface area contributed by atoms with Gasteiger partial charge in [-0.2, -0.15) is 0 Å². The van der Waals surface area contributed by atoms with Crippen LogP contribution in [0.1, 0.15) is 30.4 Å². The van der Waals surface area contributed by atoms with E-state index in [0.717, 1.165) is 19.6 Å². The second kappa shape index (κ2) is 7.94. The van der Waals surface area contributed by atoms with E-state index in [1.165, 1.54) is 33.3 Å². The molecule has 0 spiro atoms. The molecule has 0 bridgehead atoms. The monoisotopic (exact) mass is 374 g/mol. The van der Waals surface area contributed by atoms with E-state index < -0.39 is 0 Å². The number of nitrogens with zero attached hydrogens (tertiary/aromatic N) is 2. The highest BCUT2D eigenvalue weighted by molar-refractivity contribution is 5.99. The smallest absolute Gasteiger partial charge is 0.0491 e. The molecule has 1 heterocycles. The van der Waals surface area contributed by atoms with E-state index in [1.54, 1.807) is 7.11 Å². The van der Waals surface area contributed by atoms with Gasteiger partial charge in [0.15, 0.2) is 0 Å². The molecule has 0 radical (unpaired) electrons. The Morgan fingerprint density at radius 2 is 1.82 bits per heavy atom. The summed E-state index contributed by atoms with van der Waals surface area (Å²) in [4.78, 5) is 4.80. The second-order valence-electron chi connectivity index (χ2n) is 7.95. The summed E-state index contributed by atoms with van der Waals surface area (Å²) < 4.78 is 5.42. The molecule has 3 nitrogen and oxygen atoms in total. The van der Waals surface area contributed by atoms with Crippen LogP contribution in [0.15, 0.2) is 60.7 Å². The standard InChI is InChI=1S/C25H30N2O/c1-18-21(15-16-28-4)22-14-13-19-9-8-12-24(25(19)23(22)17-26(18)2)27(3)20-10-6-5-7-11-20/h5-14,18,21H,15-17H2,1-4H3. The first-order valence-corrected chi connectivity index (χ1v) is 10.1. The molecular formula is C25H30N2O. The zero-order valence-electron chi connectivity index (χ0n) is 17.4. The summed E-state index contributed by atoms with van der Waals surface area (Å²) in [6, 6.07) is 22.4. The number of para-hydroxylation sites is 1. The van der Waals surface area contributed by atoms with Crippen molar-refractivity contribution in [3.05, 3.63) is 71.8 Å². The Kier molecular flexibility index (Phi) is 5.38. The molecule has 0 N–H and O–H groups in total. The van der Waals surface area contributed by atoms with Crippen molar-refractivity contribution >= 4 is 22.1 Å². The van der Waals surface area contributed by atoms with Gasteiger partial charge in [-0.3, -0.25) is 4.90 Å². The van der Waals surface area contributed by atoms with Gasteiger partial charge in [0.05, 0.1) is 0 Å². The lowest BCUT2D eigenvalue weighted by atomic mass is 9.80. The normalized spacial score (nSPS) is 19.6. The maximum atomic E-state index is 5.42.